The van der Waals surface area contributed by atoms with E-state index in [-0.39, 0.29) is 15.8 Å². The molecule has 1 aromatic rings. The van der Waals surface area contributed by atoms with Gasteiger partial charge in [0.25, 0.3) is 6.43 Å². The summed E-state index contributed by atoms with van der Waals surface area (Å²) in [4.78, 5) is 0. The number of halogens is 3. The maximum atomic E-state index is 12.1. The van der Waals surface area contributed by atoms with Gasteiger partial charge in [0.1, 0.15) is 5.75 Å². The van der Waals surface area contributed by atoms with Gasteiger partial charge in [-0.25, -0.2) is 8.78 Å². The zero-order valence-electron chi connectivity index (χ0n) is 5.39. The molecule has 0 aliphatic heterocycles. The molecule has 0 unspecified atom stereocenters. The molecule has 0 bridgehead atoms. The Morgan fingerprint density at radius 3 is 2.36 bits per heavy atom. The zero-order chi connectivity index (χ0) is 8.43. The van der Waals surface area contributed by atoms with Crippen LogP contribution < -0.4 is 0 Å². The van der Waals surface area contributed by atoms with Crippen molar-refractivity contribution < 1.29 is 13.9 Å². The standard InChI is InChI=1S/C7H5BrF2O/c8-4-2-1-3-5(11)6(4)7(9)10/h1-3,7,11H. The molecule has 0 heterocycles. The topological polar surface area (TPSA) is 20.2 Å². The van der Waals surface area contributed by atoms with Crippen LogP contribution in [0.5, 0.6) is 5.75 Å². The Labute approximate surface area is 70.8 Å². The molecule has 11 heavy (non-hydrogen) atoms. The van der Waals surface area contributed by atoms with E-state index in [9.17, 15) is 8.78 Å². The summed E-state index contributed by atoms with van der Waals surface area (Å²) >= 11 is 2.91. The molecule has 1 N–H and O–H groups in total. The third-order valence-electron chi connectivity index (χ3n) is 1.25. The van der Waals surface area contributed by atoms with Gasteiger partial charge in [0.2, 0.25) is 0 Å². The minimum absolute atomic E-state index is 0.229. The van der Waals surface area contributed by atoms with Crippen molar-refractivity contribution in [2.45, 2.75) is 6.43 Å². The predicted molar refractivity (Wildman–Crippen MR) is 40.8 cm³/mol. The van der Waals surface area contributed by atoms with Gasteiger partial charge in [-0.05, 0) is 12.1 Å². The van der Waals surface area contributed by atoms with Gasteiger partial charge in [-0.1, -0.05) is 22.0 Å². The van der Waals surface area contributed by atoms with Crippen LogP contribution in [0.2, 0.25) is 0 Å². The molecule has 0 saturated heterocycles. The van der Waals surface area contributed by atoms with Crippen LogP contribution in [0.25, 0.3) is 0 Å². The fraction of sp³-hybridized carbons (Fsp3) is 0.143. The Bertz CT molecular complexity index is 242. The van der Waals surface area contributed by atoms with Crippen LogP contribution in [-0.4, -0.2) is 5.11 Å². The second-order valence-electron chi connectivity index (χ2n) is 1.97. The van der Waals surface area contributed by atoms with Crippen LogP contribution in [0.15, 0.2) is 22.7 Å². The van der Waals surface area contributed by atoms with Crippen LogP contribution in [0, 0.1) is 0 Å². The van der Waals surface area contributed by atoms with E-state index in [0.717, 1.165) is 0 Å². The molecule has 0 radical (unpaired) electrons. The number of phenolic OH excluding ortho intramolecular Hbond substituents is 1. The van der Waals surface area contributed by atoms with Crippen LogP contribution in [-0.2, 0) is 0 Å². The highest BCUT2D eigenvalue weighted by molar-refractivity contribution is 9.10. The largest absolute Gasteiger partial charge is 0.507 e. The van der Waals surface area contributed by atoms with E-state index in [2.05, 4.69) is 15.9 Å². The summed E-state index contributed by atoms with van der Waals surface area (Å²) in [5.41, 5.74) is -0.354. The molecule has 0 atom stereocenters. The Balaban J connectivity index is 3.21. The highest BCUT2D eigenvalue weighted by atomic mass is 79.9. The van der Waals surface area contributed by atoms with Gasteiger partial charge in [-0.15, -0.1) is 0 Å². The molecule has 1 rings (SSSR count). The number of alkyl halides is 2. The molecule has 0 aliphatic carbocycles. The summed E-state index contributed by atoms with van der Waals surface area (Å²) in [5, 5.41) is 8.95. The second kappa shape index (κ2) is 3.17. The van der Waals surface area contributed by atoms with Gasteiger partial charge in [0.05, 0.1) is 5.56 Å². The van der Waals surface area contributed by atoms with Gasteiger partial charge in [-0.3, -0.25) is 0 Å². The summed E-state index contributed by atoms with van der Waals surface area (Å²) in [6.07, 6.45) is -2.65. The monoisotopic (exact) mass is 222 g/mol. The average Bonchev–Trinajstić information content (AvgIpc) is 1.85. The van der Waals surface area contributed by atoms with Gasteiger partial charge in [0.15, 0.2) is 0 Å². The zero-order valence-corrected chi connectivity index (χ0v) is 6.98. The van der Waals surface area contributed by atoms with Gasteiger partial charge < -0.3 is 5.11 Å². The minimum Gasteiger partial charge on any atom is -0.507 e. The summed E-state index contributed by atoms with van der Waals surface area (Å²) < 4.78 is 24.4. The number of phenols is 1. The van der Waals surface area contributed by atoms with Crippen molar-refractivity contribution in [2.75, 3.05) is 0 Å². The van der Waals surface area contributed by atoms with E-state index in [0.29, 0.717) is 0 Å². The van der Waals surface area contributed by atoms with E-state index in [1.54, 1.807) is 0 Å². The molecule has 0 aromatic heterocycles. The highest BCUT2D eigenvalue weighted by Crippen LogP contribution is 2.34. The Hall–Kier alpha value is -0.640. The number of benzene rings is 1. The Morgan fingerprint density at radius 2 is 2.00 bits per heavy atom. The van der Waals surface area contributed by atoms with Gasteiger partial charge in [0, 0.05) is 4.47 Å². The first-order valence-electron chi connectivity index (χ1n) is 2.88. The average molecular weight is 223 g/mol. The molecule has 0 saturated carbocycles. The maximum Gasteiger partial charge on any atom is 0.268 e. The molecule has 0 aliphatic rings. The van der Waals surface area contributed by atoms with Crippen molar-refractivity contribution in [1.82, 2.24) is 0 Å². The summed E-state index contributed by atoms with van der Waals surface area (Å²) in [6.45, 7) is 0. The van der Waals surface area contributed by atoms with E-state index in [1.807, 2.05) is 0 Å². The first-order chi connectivity index (χ1) is 5.13. The quantitative estimate of drug-likeness (QED) is 0.775. The summed E-state index contributed by atoms with van der Waals surface area (Å²) in [5.74, 6) is -0.380. The number of aromatic hydroxyl groups is 1. The van der Waals surface area contributed by atoms with Crippen LogP contribution >= 0.6 is 15.9 Å². The first-order valence-corrected chi connectivity index (χ1v) is 3.67. The molecule has 4 heteroatoms. The lowest BCUT2D eigenvalue weighted by atomic mass is 10.2. The van der Waals surface area contributed by atoms with Crippen molar-refractivity contribution in [3.05, 3.63) is 28.2 Å². The lowest BCUT2D eigenvalue weighted by Crippen LogP contribution is -1.86. The molecule has 0 fully saturated rings. The van der Waals surface area contributed by atoms with Crippen molar-refractivity contribution in [3.63, 3.8) is 0 Å². The van der Waals surface area contributed by atoms with Crippen molar-refractivity contribution in [2.24, 2.45) is 0 Å². The first kappa shape index (κ1) is 8.46. The number of rotatable bonds is 1. The maximum absolute atomic E-state index is 12.1. The van der Waals surface area contributed by atoms with Crippen molar-refractivity contribution >= 4 is 15.9 Å². The normalized spacial score (nSPS) is 10.5. The fourth-order valence-electron chi connectivity index (χ4n) is 0.742. The van der Waals surface area contributed by atoms with E-state index < -0.39 is 6.43 Å². The molecule has 0 spiro atoms. The fourth-order valence-corrected chi connectivity index (χ4v) is 1.27. The number of hydrogen-bond donors (Lipinski definition) is 1. The summed E-state index contributed by atoms with van der Waals surface area (Å²) in [6, 6.07) is 4.18. The molecular formula is C7H5BrF2O. The Morgan fingerprint density at radius 1 is 1.36 bits per heavy atom. The lowest BCUT2D eigenvalue weighted by Gasteiger charge is -2.04. The SMILES string of the molecule is Oc1cccc(Br)c1C(F)F. The van der Waals surface area contributed by atoms with Crippen molar-refractivity contribution in [3.8, 4) is 5.75 Å². The Kier molecular flexibility index (Phi) is 2.44. The third-order valence-corrected chi connectivity index (χ3v) is 1.94. The predicted octanol–water partition coefficient (Wildman–Crippen LogP) is 3.09. The summed E-state index contributed by atoms with van der Waals surface area (Å²) in [7, 11) is 0. The minimum atomic E-state index is -2.65. The van der Waals surface area contributed by atoms with E-state index in [4.69, 9.17) is 5.11 Å². The van der Waals surface area contributed by atoms with Gasteiger partial charge >= 0.3 is 0 Å². The van der Waals surface area contributed by atoms with Gasteiger partial charge in [-0.2, -0.15) is 0 Å². The van der Waals surface area contributed by atoms with Crippen LogP contribution in [0.3, 0.4) is 0 Å². The number of hydrogen-bond acceptors (Lipinski definition) is 1. The molecule has 60 valence electrons. The third kappa shape index (κ3) is 1.68. The molecule has 1 nitrogen and oxygen atoms in total. The van der Waals surface area contributed by atoms with E-state index in [1.165, 1.54) is 18.2 Å². The molecule has 1 aromatic carbocycles. The van der Waals surface area contributed by atoms with E-state index >= 15 is 0 Å². The molecule has 0 amide bonds. The smallest absolute Gasteiger partial charge is 0.268 e. The highest BCUT2D eigenvalue weighted by Gasteiger charge is 2.15. The second-order valence-corrected chi connectivity index (χ2v) is 2.83. The van der Waals surface area contributed by atoms with Crippen LogP contribution in [0.1, 0.15) is 12.0 Å². The van der Waals surface area contributed by atoms with Crippen molar-refractivity contribution in [1.29, 1.82) is 0 Å². The molecular weight excluding hydrogens is 218 g/mol. The van der Waals surface area contributed by atoms with Crippen LogP contribution in [0.4, 0.5) is 8.78 Å². The lowest BCUT2D eigenvalue weighted by molar-refractivity contribution is 0.146.